The Kier molecular flexibility index (Phi) is 6.49. The van der Waals surface area contributed by atoms with Crippen LogP contribution in [0.4, 0.5) is 0 Å². The number of aromatic nitrogens is 1. The number of furan rings is 1. The Hall–Kier alpha value is -2.28. The molecule has 0 aromatic carbocycles. The maximum Gasteiger partial charge on any atom is 0.271 e. The number of likely N-dealkylation sites (tertiary alicyclic amines) is 1. The highest BCUT2D eigenvalue weighted by Crippen LogP contribution is 2.34. The lowest BCUT2D eigenvalue weighted by atomic mass is 9.86. The molecule has 186 valence electrons. The number of nitrogens with zero attached hydrogens (tertiary/aromatic N) is 3. The van der Waals surface area contributed by atoms with Crippen LogP contribution in [0.2, 0.25) is 0 Å². The van der Waals surface area contributed by atoms with E-state index in [0.717, 1.165) is 56.6 Å². The molecule has 5 rings (SSSR count). The average Bonchev–Trinajstić information content (AvgIpc) is 3.41. The second-order valence-corrected chi connectivity index (χ2v) is 11.2. The number of carbonyl (C=O) groups is 2. The molecule has 1 aliphatic carbocycles. The summed E-state index contributed by atoms with van der Waals surface area (Å²) in [6, 6.07) is 4.52. The molecule has 2 amide bonds. The highest BCUT2D eigenvalue weighted by Gasteiger charge is 2.48. The number of hydrogen-bond acceptors (Lipinski definition) is 4. The zero-order chi connectivity index (χ0) is 23.9. The van der Waals surface area contributed by atoms with Gasteiger partial charge < -0.3 is 24.1 Å². The minimum atomic E-state index is -0.927. The van der Waals surface area contributed by atoms with Crippen LogP contribution in [0.1, 0.15) is 82.6 Å². The number of piperidine rings is 1. The van der Waals surface area contributed by atoms with E-state index in [1.165, 1.54) is 19.3 Å². The Morgan fingerprint density at radius 1 is 1.15 bits per heavy atom. The van der Waals surface area contributed by atoms with Gasteiger partial charge in [-0.2, -0.15) is 0 Å². The van der Waals surface area contributed by atoms with Crippen LogP contribution in [0.25, 0.3) is 11.1 Å². The molecule has 2 aliphatic heterocycles. The van der Waals surface area contributed by atoms with E-state index in [2.05, 4.69) is 24.1 Å². The zero-order valence-corrected chi connectivity index (χ0v) is 21.0. The maximum atomic E-state index is 13.8. The minimum Gasteiger partial charge on any atom is -0.463 e. The summed E-state index contributed by atoms with van der Waals surface area (Å²) >= 11 is 0. The van der Waals surface area contributed by atoms with Crippen molar-refractivity contribution in [1.82, 2.24) is 19.7 Å². The molecule has 2 aromatic rings. The van der Waals surface area contributed by atoms with Gasteiger partial charge in [-0.1, -0.05) is 13.3 Å². The Labute approximate surface area is 202 Å². The summed E-state index contributed by atoms with van der Waals surface area (Å²) in [6.45, 7) is 9.67. The number of hydrogen-bond donors (Lipinski definition) is 1. The highest BCUT2D eigenvalue weighted by molar-refractivity contribution is 6.02. The molecule has 0 bridgehead atoms. The molecular formula is C27H40N4O3. The first-order valence-electron chi connectivity index (χ1n) is 13.3. The van der Waals surface area contributed by atoms with Gasteiger partial charge in [-0.05, 0) is 71.3 Å². The van der Waals surface area contributed by atoms with Crippen molar-refractivity contribution in [2.45, 2.75) is 96.3 Å². The summed E-state index contributed by atoms with van der Waals surface area (Å²) in [5.74, 6) is 0.632. The lowest BCUT2D eigenvalue weighted by Crippen LogP contribution is -2.65. The van der Waals surface area contributed by atoms with Gasteiger partial charge in [0, 0.05) is 37.3 Å². The Balaban J connectivity index is 1.37. The number of amides is 2. The van der Waals surface area contributed by atoms with Crippen LogP contribution in [0.15, 0.2) is 22.8 Å². The van der Waals surface area contributed by atoms with Gasteiger partial charge in [0.1, 0.15) is 11.2 Å². The Morgan fingerprint density at radius 3 is 2.71 bits per heavy atom. The van der Waals surface area contributed by atoms with E-state index in [1.54, 1.807) is 6.26 Å². The SMILES string of the molecule is CC1CCC(NC(=O)[C@@]2(C)Cn3c(cc4occc43)C(=O)N2CCCN2CCCC[C@H]2C)CC1. The first kappa shape index (κ1) is 23.5. The van der Waals surface area contributed by atoms with Gasteiger partial charge in [0.25, 0.3) is 5.91 Å². The van der Waals surface area contributed by atoms with E-state index in [4.69, 9.17) is 4.42 Å². The molecule has 4 heterocycles. The summed E-state index contributed by atoms with van der Waals surface area (Å²) in [5.41, 5.74) is 1.29. The number of fused-ring (bicyclic) bond motifs is 3. The summed E-state index contributed by atoms with van der Waals surface area (Å²) in [7, 11) is 0. The molecule has 1 saturated carbocycles. The maximum absolute atomic E-state index is 13.8. The van der Waals surface area contributed by atoms with E-state index >= 15 is 0 Å². The third-order valence-electron chi connectivity index (χ3n) is 8.66. The molecule has 7 nitrogen and oxygen atoms in total. The Morgan fingerprint density at radius 2 is 1.94 bits per heavy atom. The number of rotatable bonds is 6. The van der Waals surface area contributed by atoms with Crippen molar-refractivity contribution in [2.75, 3.05) is 19.6 Å². The van der Waals surface area contributed by atoms with Gasteiger partial charge in [-0.15, -0.1) is 0 Å². The van der Waals surface area contributed by atoms with E-state index in [0.29, 0.717) is 30.4 Å². The quantitative estimate of drug-likeness (QED) is 0.682. The summed E-state index contributed by atoms with van der Waals surface area (Å²) in [5, 5.41) is 3.33. The van der Waals surface area contributed by atoms with Crippen LogP contribution in [-0.2, 0) is 11.3 Å². The minimum absolute atomic E-state index is 0.0252. The fraction of sp³-hybridized carbons (Fsp3) is 0.704. The van der Waals surface area contributed by atoms with Gasteiger partial charge in [-0.25, -0.2) is 0 Å². The van der Waals surface area contributed by atoms with Crippen molar-refractivity contribution in [2.24, 2.45) is 5.92 Å². The third kappa shape index (κ3) is 4.28. The predicted molar refractivity (Wildman–Crippen MR) is 133 cm³/mol. The first-order chi connectivity index (χ1) is 16.4. The van der Waals surface area contributed by atoms with Crippen LogP contribution in [0, 0.1) is 5.92 Å². The lowest BCUT2D eigenvalue weighted by molar-refractivity contribution is -0.133. The topological polar surface area (TPSA) is 70.7 Å². The second-order valence-electron chi connectivity index (χ2n) is 11.2. The third-order valence-corrected chi connectivity index (χ3v) is 8.66. The Bertz CT molecular complexity index is 1030. The smallest absolute Gasteiger partial charge is 0.271 e. The van der Waals surface area contributed by atoms with Crippen LogP contribution in [0.3, 0.4) is 0 Å². The first-order valence-corrected chi connectivity index (χ1v) is 13.3. The molecule has 2 fully saturated rings. The van der Waals surface area contributed by atoms with Crippen molar-refractivity contribution in [3.8, 4) is 0 Å². The van der Waals surface area contributed by atoms with Crippen molar-refractivity contribution in [3.05, 3.63) is 24.1 Å². The van der Waals surface area contributed by atoms with Crippen LogP contribution in [-0.4, -0.2) is 63.4 Å². The highest BCUT2D eigenvalue weighted by atomic mass is 16.3. The molecule has 1 saturated heterocycles. The monoisotopic (exact) mass is 468 g/mol. The number of carbonyl (C=O) groups excluding carboxylic acids is 2. The second kappa shape index (κ2) is 9.40. The van der Waals surface area contributed by atoms with Gasteiger partial charge in [0.2, 0.25) is 5.91 Å². The summed E-state index contributed by atoms with van der Waals surface area (Å²) < 4.78 is 7.57. The van der Waals surface area contributed by atoms with E-state index < -0.39 is 5.54 Å². The molecule has 1 N–H and O–H groups in total. The van der Waals surface area contributed by atoms with Crippen LogP contribution in [0.5, 0.6) is 0 Å². The van der Waals surface area contributed by atoms with Gasteiger partial charge in [0.05, 0.1) is 18.3 Å². The van der Waals surface area contributed by atoms with Crippen molar-refractivity contribution in [3.63, 3.8) is 0 Å². The van der Waals surface area contributed by atoms with Gasteiger partial charge in [0.15, 0.2) is 5.58 Å². The molecular weight excluding hydrogens is 428 g/mol. The summed E-state index contributed by atoms with van der Waals surface area (Å²) in [4.78, 5) is 31.9. The lowest BCUT2D eigenvalue weighted by Gasteiger charge is -2.45. The van der Waals surface area contributed by atoms with Crippen molar-refractivity contribution in [1.29, 1.82) is 0 Å². The van der Waals surface area contributed by atoms with Gasteiger partial charge >= 0.3 is 0 Å². The molecule has 0 unspecified atom stereocenters. The van der Waals surface area contributed by atoms with Crippen LogP contribution >= 0.6 is 0 Å². The number of nitrogens with one attached hydrogen (secondary N) is 1. The molecule has 2 atom stereocenters. The van der Waals surface area contributed by atoms with E-state index in [1.807, 2.05) is 28.5 Å². The normalized spacial score (nSPS) is 30.5. The van der Waals surface area contributed by atoms with Crippen molar-refractivity contribution >= 4 is 22.9 Å². The average molecular weight is 469 g/mol. The van der Waals surface area contributed by atoms with E-state index in [-0.39, 0.29) is 17.9 Å². The van der Waals surface area contributed by atoms with Crippen LogP contribution < -0.4 is 5.32 Å². The standard InChI is InChI=1S/C27H40N4O3/c1-19-8-10-21(11-9-19)28-26(33)27(3)18-30-22-12-16-34-24(22)17-23(30)25(32)31(27)15-6-14-29-13-5-4-7-20(29)2/h12,16-17,19-21H,4-11,13-15,18H2,1-3H3,(H,28,33)/t19?,20-,21?,27-/m1/s1. The van der Waals surface area contributed by atoms with E-state index in [9.17, 15) is 9.59 Å². The molecule has 34 heavy (non-hydrogen) atoms. The zero-order valence-electron chi connectivity index (χ0n) is 21.0. The molecule has 2 aromatic heterocycles. The largest absolute Gasteiger partial charge is 0.463 e. The van der Waals surface area contributed by atoms with Gasteiger partial charge in [-0.3, -0.25) is 9.59 Å². The fourth-order valence-corrected chi connectivity index (χ4v) is 6.29. The molecule has 3 aliphatic rings. The van der Waals surface area contributed by atoms with Crippen molar-refractivity contribution < 1.29 is 14.0 Å². The summed E-state index contributed by atoms with van der Waals surface area (Å²) in [6.07, 6.45) is 10.7. The predicted octanol–water partition coefficient (Wildman–Crippen LogP) is 4.41. The fourth-order valence-electron chi connectivity index (χ4n) is 6.29. The molecule has 0 radical (unpaired) electrons. The molecule has 0 spiro atoms. The molecule has 7 heteroatoms.